The maximum absolute atomic E-state index is 6.37. The molecule has 3 aromatic rings. The van der Waals surface area contributed by atoms with Crippen LogP contribution in [-0.4, -0.2) is 30.9 Å². The van der Waals surface area contributed by atoms with Gasteiger partial charge in [-0.1, -0.05) is 12.6 Å². The van der Waals surface area contributed by atoms with E-state index in [2.05, 4.69) is 79.3 Å². The molecule has 4 heteroatoms. The molecule has 4 nitrogen and oxygen atoms in total. The van der Waals surface area contributed by atoms with Gasteiger partial charge in [-0.05, 0) is 68.0 Å². The second kappa shape index (κ2) is 6.76. The molecule has 30 heavy (non-hydrogen) atoms. The first-order valence-corrected chi connectivity index (χ1v) is 10.8. The summed E-state index contributed by atoms with van der Waals surface area (Å²) >= 11 is 0. The number of allylic oxidation sites excluding steroid dienone is 1. The molecule has 1 saturated carbocycles. The quantitative estimate of drug-likeness (QED) is 0.621. The van der Waals surface area contributed by atoms with E-state index >= 15 is 0 Å². The average Bonchev–Trinajstić information content (AvgIpc) is 3.40. The minimum Gasteiger partial charge on any atom is -0.399 e. The van der Waals surface area contributed by atoms with Gasteiger partial charge in [0.15, 0.2) is 0 Å². The molecule has 5 rings (SSSR count). The van der Waals surface area contributed by atoms with Crippen molar-refractivity contribution in [3.8, 4) is 0 Å². The van der Waals surface area contributed by atoms with Gasteiger partial charge in [-0.25, -0.2) is 0 Å². The van der Waals surface area contributed by atoms with Crippen molar-refractivity contribution in [3.05, 3.63) is 53.6 Å². The van der Waals surface area contributed by atoms with Gasteiger partial charge in [0.05, 0.1) is 17.6 Å². The molecule has 2 heterocycles. The zero-order valence-corrected chi connectivity index (χ0v) is 18.4. The molecule has 1 aliphatic carbocycles. The SMILES string of the molecule is C=C(N)c1cc(C2=C(C)CN=C2C)cc2c3ccc(N(C)C)cc3n(CC3CC3)c12. The second-order valence-electron chi connectivity index (χ2n) is 9.15. The van der Waals surface area contributed by atoms with E-state index in [0.29, 0.717) is 5.70 Å². The number of aromatic nitrogens is 1. The number of hydrogen-bond acceptors (Lipinski definition) is 3. The Labute approximate surface area is 178 Å². The number of fused-ring (bicyclic) bond motifs is 3. The predicted octanol–water partition coefficient (Wildman–Crippen LogP) is 5.45. The fraction of sp³-hybridized carbons (Fsp3) is 0.346. The Morgan fingerprint density at radius 2 is 1.93 bits per heavy atom. The number of aliphatic imine (C=N–C) groups is 1. The number of nitrogens with zero attached hydrogens (tertiary/aromatic N) is 3. The van der Waals surface area contributed by atoms with Crippen molar-refractivity contribution in [2.24, 2.45) is 16.6 Å². The van der Waals surface area contributed by atoms with Crippen LogP contribution in [0.25, 0.3) is 33.1 Å². The lowest BCUT2D eigenvalue weighted by atomic mass is 9.94. The van der Waals surface area contributed by atoms with Gasteiger partial charge in [0, 0.05) is 59.6 Å². The Hall–Kier alpha value is -3.01. The Morgan fingerprint density at radius 3 is 2.53 bits per heavy atom. The van der Waals surface area contributed by atoms with Crippen LogP contribution in [0.4, 0.5) is 5.69 Å². The van der Waals surface area contributed by atoms with E-state index in [4.69, 9.17) is 5.73 Å². The van der Waals surface area contributed by atoms with Gasteiger partial charge in [-0.15, -0.1) is 0 Å². The van der Waals surface area contributed by atoms with Gasteiger partial charge < -0.3 is 15.2 Å². The summed E-state index contributed by atoms with van der Waals surface area (Å²) in [6, 6.07) is 11.3. The van der Waals surface area contributed by atoms with Gasteiger partial charge in [0.2, 0.25) is 0 Å². The molecule has 0 saturated heterocycles. The molecule has 0 radical (unpaired) electrons. The van der Waals surface area contributed by atoms with Crippen molar-refractivity contribution in [2.45, 2.75) is 33.2 Å². The lowest BCUT2D eigenvalue weighted by molar-refractivity contribution is 0.664. The molecule has 0 amide bonds. The molecule has 0 atom stereocenters. The van der Waals surface area contributed by atoms with Crippen molar-refractivity contribution in [1.29, 1.82) is 0 Å². The second-order valence-corrected chi connectivity index (χ2v) is 9.15. The highest BCUT2D eigenvalue weighted by Crippen LogP contribution is 2.41. The van der Waals surface area contributed by atoms with Gasteiger partial charge in [-0.2, -0.15) is 0 Å². The number of hydrogen-bond donors (Lipinski definition) is 1. The van der Waals surface area contributed by atoms with Crippen LogP contribution in [0.2, 0.25) is 0 Å². The van der Waals surface area contributed by atoms with E-state index in [-0.39, 0.29) is 0 Å². The van der Waals surface area contributed by atoms with Crippen LogP contribution in [0.15, 0.2) is 47.5 Å². The third-order valence-corrected chi connectivity index (χ3v) is 6.57. The van der Waals surface area contributed by atoms with Crippen molar-refractivity contribution in [2.75, 3.05) is 25.5 Å². The van der Waals surface area contributed by atoms with Crippen molar-refractivity contribution in [1.82, 2.24) is 4.57 Å². The minimum absolute atomic E-state index is 0.625. The summed E-state index contributed by atoms with van der Waals surface area (Å²) < 4.78 is 2.49. The highest BCUT2D eigenvalue weighted by molar-refractivity contribution is 6.26. The van der Waals surface area contributed by atoms with E-state index in [1.807, 2.05) is 0 Å². The summed E-state index contributed by atoms with van der Waals surface area (Å²) in [5, 5.41) is 2.54. The number of anilines is 1. The third kappa shape index (κ3) is 2.94. The molecule has 2 aliphatic rings. The van der Waals surface area contributed by atoms with Crippen molar-refractivity contribution in [3.63, 3.8) is 0 Å². The molecule has 0 bridgehead atoms. The maximum Gasteiger partial charge on any atom is 0.0610 e. The topological polar surface area (TPSA) is 46.5 Å². The molecule has 2 aromatic carbocycles. The Kier molecular flexibility index (Phi) is 4.28. The highest BCUT2D eigenvalue weighted by atomic mass is 15.1. The van der Waals surface area contributed by atoms with Crippen LogP contribution in [-0.2, 0) is 6.54 Å². The molecular weight excluding hydrogens is 368 g/mol. The molecular formula is C26H30N4. The molecule has 154 valence electrons. The summed E-state index contributed by atoms with van der Waals surface area (Å²) in [5.41, 5.74) is 16.6. The summed E-state index contributed by atoms with van der Waals surface area (Å²) in [4.78, 5) is 6.82. The highest BCUT2D eigenvalue weighted by Gasteiger charge is 2.26. The minimum atomic E-state index is 0.625. The lowest BCUT2D eigenvalue weighted by Gasteiger charge is -2.15. The van der Waals surface area contributed by atoms with Gasteiger partial charge in [0.1, 0.15) is 0 Å². The van der Waals surface area contributed by atoms with Gasteiger partial charge in [0.25, 0.3) is 0 Å². The molecule has 2 N–H and O–H groups in total. The molecule has 1 fully saturated rings. The zero-order chi connectivity index (χ0) is 21.2. The van der Waals surface area contributed by atoms with Gasteiger partial charge >= 0.3 is 0 Å². The summed E-state index contributed by atoms with van der Waals surface area (Å²) in [5.74, 6) is 0.763. The van der Waals surface area contributed by atoms with Crippen LogP contribution < -0.4 is 10.6 Å². The predicted molar refractivity (Wildman–Crippen MR) is 130 cm³/mol. The fourth-order valence-electron chi connectivity index (χ4n) is 4.80. The Bertz CT molecular complexity index is 1270. The van der Waals surface area contributed by atoms with E-state index in [0.717, 1.165) is 30.3 Å². The van der Waals surface area contributed by atoms with E-state index in [1.54, 1.807) is 0 Å². The van der Waals surface area contributed by atoms with Crippen LogP contribution >= 0.6 is 0 Å². The largest absolute Gasteiger partial charge is 0.399 e. The summed E-state index contributed by atoms with van der Waals surface area (Å²) in [7, 11) is 4.19. The fourth-order valence-corrected chi connectivity index (χ4v) is 4.80. The lowest BCUT2D eigenvalue weighted by Crippen LogP contribution is -2.09. The monoisotopic (exact) mass is 398 g/mol. The van der Waals surface area contributed by atoms with E-state index in [1.165, 1.54) is 57.0 Å². The average molecular weight is 399 g/mol. The van der Waals surface area contributed by atoms with E-state index < -0.39 is 0 Å². The normalized spacial score (nSPS) is 16.6. The van der Waals surface area contributed by atoms with Crippen LogP contribution in [0, 0.1) is 5.92 Å². The number of benzene rings is 2. The van der Waals surface area contributed by atoms with Gasteiger partial charge in [-0.3, -0.25) is 4.99 Å². The van der Waals surface area contributed by atoms with Crippen molar-refractivity contribution < 1.29 is 0 Å². The van der Waals surface area contributed by atoms with Crippen LogP contribution in [0.5, 0.6) is 0 Å². The summed E-state index contributed by atoms with van der Waals surface area (Å²) in [6.07, 6.45) is 2.63. The molecule has 0 unspecified atom stereocenters. The smallest absolute Gasteiger partial charge is 0.0610 e. The maximum atomic E-state index is 6.37. The van der Waals surface area contributed by atoms with Crippen LogP contribution in [0.3, 0.4) is 0 Å². The van der Waals surface area contributed by atoms with Crippen molar-refractivity contribution >= 4 is 44.5 Å². The molecule has 0 spiro atoms. The van der Waals surface area contributed by atoms with Crippen LogP contribution in [0.1, 0.15) is 37.8 Å². The standard InChI is InChI=1S/C26H30N4/c1-15-13-28-17(3)25(15)19-10-22(16(2)27)26-23(11-19)21-9-8-20(29(4)5)12-24(21)30(26)14-18-6-7-18/h8-12,18H,2,6-7,13-14,27H2,1,3-5H3. The molecule has 1 aromatic heterocycles. The zero-order valence-electron chi connectivity index (χ0n) is 18.4. The third-order valence-electron chi connectivity index (χ3n) is 6.57. The number of rotatable bonds is 5. The first-order chi connectivity index (χ1) is 14.3. The Morgan fingerprint density at radius 1 is 1.17 bits per heavy atom. The molecule has 1 aliphatic heterocycles. The Balaban J connectivity index is 1.87. The first kappa shape index (κ1) is 19.0. The first-order valence-electron chi connectivity index (χ1n) is 10.8. The summed E-state index contributed by atoms with van der Waals surface area (Å²) in [6.45, 7) is 10.2. The number of nitrogens with two attached hydrogens (primary N) is 1. The van der Waals surface area contributed by atoms with E-state index in [9.17, 15) is 0 Å².